The van der Waals surface area contributed by atoms with Crippen LogP contribution in [0.3, 0.4) is 0 Å². The third kappa shape index (κ3) is 4.98. The summed E-state index contributed by atoms with van der Waals surface area (Å²) < 4.78 is 31.6. The molecule has 3 aromatic rings. The molecule has 0 unspecified atom stereocenters. The number of ether oxygens (including phenoxy) is 1. The lowest BCUT2D eigenvalue weighted by molar-refractivity contribution is -0.122. The highest BCUT2D eigenvalue weighted by atomic mass is 35.5. The minimum absolute atomic E-state index is 0.147. The van der Waals surface area contributed by atoms with Crippen molar-refractivity contribution in [1.82, 2.24) is 0 Å². The lowest BCUT2D eigenvalue weighted by Crippen LogP contribution is -2.48. The van der Waals surface area contributed by atoms with Crippen molar-refractivity contribution in [2.45, 2.75) is 15.9 Å². The third-order valence-electron chi connectivity index (χ3n) is 4.60. The average molecular weight is 475 g/mol. The SMILES string of the molecule is CS(=O)(=O)N1C[C@@H](C(=O)Nc2ccccc2Sc2ccccc2)Oc2ccc(Cl)cc21. The van der Waals surface area contributed by atoms with E-state index in [4.69, 9.17) is 16.3 Å². The van der Waals surface area contributed by atoms with Gasteiger partial charge in [-0.1, -0.05) is 53.7 Å². The molecule has 9 heteroatoms. The van der Waals surface area contributed by atoms with E-state index in [2.05, 4.69) is 5.32 Å². The van der Waals surface area contributed by atoms with Crippen molar-refractivity contribution in [3.63, 3.8) is 0 Å². The fourth-order valence-electron chi connectivity index (χ4n) is 3.16. The van der Waals surface area contributed by atoms with E-state index in [1.54, 1.807) is 18.2 Å². The first kappa shape index (κ1) is 21.5. The fourth-order valence-corrected chi connectivity index (χ4v) is 5.16. The Morgan fingerprint density at radius 3 is 2.55 bits per heavy atom. The maximum atomic E-state index is 13.0. The highest BCUT2D eigenvalue weighted by Gasteiger charge is 2.35. The summed E-state index contributed by atoms with van der Waals surface area (Å²) in [6.07, 6.45) is 0.0715. The van der Waals surface area contributed by atoms with Gasteiger partial charge >= 0.3 is 0 Å². The van der Waals surface area contributed by atoms with Gasteiger partial charge < -0.3 is 10.1 Å². The van der Waals surface area contributed by atoms with E-state index in [1.807, 2.05) is 48.5 Å². The molecular formula is C22H19ClN2O4S2. The Morgan fingerprint density at radius 2 is 1.81 bits per heavy atom. The molecule has 1 heterocycles. The van der Waals surface area contributed by atoms with Crippen molar-refractivity contribution >= 4 is 50.7 Å². The van der Waals surface area contributed by atoms with Gasteiger partial charge in [-0.05, 0) is 42.5 Å². The van der Waals surface area contributed by atoms with Crippen LogP contribution in [0, 0.1) is 0 Å². The van der Waals surface area contributed by atoms with Gasteiger partial charge in [0.25, 0.3) is 5.91 Å². The van der Waals surface area contributed by atoms with Crippen LogP contribution in [0.4, 0.5) is 11.4 Å². The summed E-state index contributed by atoms with van der Waals surface area (Å²) in [5.41, 5.74) is 0.942. The van der Waals surface area contributed by atoms with Gasteiger partial charge in [-0.2, -0.15) is 0 Å². The van der Waals surface area contributed by atoms with Gasteiger partial charge in [0.1, 0.15) is 5.75 Å². The molecule has 1 atom stereocenters. The zero-order valence-electron chi connectivity index (χ0n) is 16.5. The Labute approximate surface area is 190 Å². The number of para-hydroxylation sites is 1. The Kier molecular flexibility index (Phi) is 6.13. The lowest BCUT2D eigenvalue weighted by atomic mass is 10.2. The number of halogens is 1. The molecule has 0 radical (unpaired) electrons. The summed E-state index contributed by atoms with van der Waals surface area (Å²) in [6.45, 7) is -0.147. The Bertz CT molecular complexity index is 1220. The number of rotatable bonds is 5. The van der Waals surface area contributed by atoms with Crippen LogP contribution < -0.4 is 14.4 Å². The summed E-state index contributed by atoms with van der Waals surface area (Å²) in [5, 5.41) is 3.26. The zero-order valence-corrected chi connectivity index (χ0v) is 18.9. The standard InChI is InChI=1S/C22H19ClN2O4S2/c1-31(27,28)25-14-20(29-19-12-11-15(23)13-18(19)25)22(26)24-17-9-5-6-10-21(17)30-16-7-3-2-4-8-16/h2-13,20H,14H2,1H3,(H,24,26)/t20-/m0/s1. The number of sulfonamides is 1. The second-order valence-corrected chi connectivity index (χ2v) is 10.4. The monoisotopic (exact) mass is 474 g/mol. The van der Waals surface area contributed by atoms with Gasteiger partial charge in [0.05, 0.1) is 24.2 Å². The molecule has 3 aromatic carbocycles. The van der Waals surface area contributed by atoms with E-state index in [0.29, 0.717) is 16.4 Å². The van der Waals surface area contributed by atoms with E-state index >= 15 is 0 Å². The molecule has 6 nitrogen and oxygen atoms in total. The van der Waals surface area contributed by atoms with Crippen LogP contribution in [0.15, 0.2) is 82.6 Å². The second kappa shape index (κ2) is 8.82. The first-order chi connectivity index (χ1) is 14.8. The first-order valence-corrected chi connectivity index (χ1v) is 12.4. The van der Waals surface area contributed by atoms with Crippen molar-refractivity contribution in [1.29, 1.82) is 0 Å². The number of benzene rings is 3. The molecule has 160 valence electrons. The van der Waals surface area contributed by atoms with Crippen molar-refractivity contribution in [3.05, 3.63) is 77.8 Å². The highest BCUT2D eigenvalue weighted by Crippen LogP contribution is 2.38. The summed E-state index contributed by atoms with van der Waals surface area (Å²) in [4.78, 5) is 14.9. The molecule has 1 N–H and O–H groups in total. The predicted octanol–water partition coefficient (Wildman–Crippen LogP) is 4.66. The van der Waals surface area contributed by atoms with Crippen LogP contribution in [-0.4, -0.2) is 33.2 Å². The van der Waals surface area contributed by atoms with Crippen LogP contribution in [0.25, 0.3) is 0 Å². The van der Waals surface area contributed by atoms with E-state index in [9.17, 15) is 13.2 Å². The molecule has 1 aliphatic heterocycles. The summed E-state index contributed by atoms with van der Waals surface area (Å²) in [5.74, 6) is -0.150. The Hall–Kier alpha value is -2.68. The summed E-state index contributed by atoms with van der Waals surface area (Å²) in [7, 11) is -3.63. The van der Waals surface area contributed by atoms with Gasteiger partial charge in [0, 0.05) is 14.8 Å². The van der Waals surface area contributed by atoms with Crippen LogP contribution in [-0.2, 0) is 14.8 Å². The number of hydrogen-bond donors (Lipinski definition) is 1. The average Bonchev–Trinajstić information content (AvgIpc) is 2.74. The number of amides is 1. The smallest absolute Gasteiger partial charge is 0.267 e. The van der Waals surface area contributed by atoms with Crippen molar-refractivity contribution in [2.75, 3.05) is 22.4 Å². The fraction of sp³-hybridized carbons (Fsp3) is 0.136. The Morgan fingerprint density at radius 1 is 1.10 bits per heavy atom. The van der Waals surface area contributed by atoms with Gasteiger partial charge in [0.2, 0.25) is 10.0 Å². The topological polar surface area (TPSA) is 75.7 Å². The Balaban J connectivity index is 1.58. The number of hydrogen-bond acceptors (Lipinski definition) is 5. The number of anilines is 2. The molecular weight excluding hydrogens is 456 g/mol. The molecule has 0 spiro atoms. The molecule has 0 fully saturated rings. The molecule has 0 saturated carbocycles. The second-order valence-electron chi connectivity index (χ2n) is 6.91. The van der Waals surface area contributed by atoms with Gasteiger partial charge in [-0.15, -0.1) is 0 Å². The van der Waals surface area contributed by atoms with Crippen molar-refractivity contribution < 1.29 is 17.9 Å². The molecule has 4 rings (SSSR count). The number of carbonyl (C=O) groups is 1. The van der Waals surface area contributed by atoms with Crippen molar-refractivity contribution in [2.24, 2.45) is 0 Å². The predicted molar refractivity (Wildman–Crippen MR) is 124 cm³/mol. The van der Waals surface area contributed by atoms with E-state index in [0.717, 1.165) is 20.4 Å². The molecule has 1 amide bonds. The molecule has 31 heavy (non-hydrogen) atoms. The highest BCUT2D eigenvalue weighted by molar-refractivity contribution is 7.99. The van der Waals surface area contributed by atoms with Gasteiger partial charge in [-0.3, -0.25) is 9.10 Å². The summed E-state index contributed by atoms with van der Waals surface area (Å²) >= 11 is 7.54. The molecule has 0 saturated heterocycles. The van der Waals surface area contributed by atoms with Gasteiger partial charge in [-0.25, -0.2) is 8.42 Å². The molecule has 0 bridgehead atoms. The zero-order chi connectivity index (χ0) is 22.0. The number of nitrogens with zero attached hydrogens (tertiary/aromatic N) is 1. The number of carbonyl (C=O) groups excluding carboxylic acids is 1. The number of nitrogens with one attached hydrogen (secondary N) is 1. The van der Waals surface area contributed by atoms with Crippen LogP contribution >= 0.6 is 23.4 Å². The third-order valence-corrected chi connectivity index (χ3v) is 7.06. The minimum atomic E-state index is -3.63. The van der Waals surface area contributed by atoms with Gasteiger partial charge in [0.15, 0.2) is 6.10 Å². The van der Waals surface area contributed by atoms with Crippen molar-refractivity contribution in [3.8, 4) is 5.75 Å². The van der Waals surface area contributed by atoms with Crippen LogP contribution in [0.5, 0.6) is 5.75 Å². The van der Waals surface area contributed by atoms with E-state index < -0.39 is 22.0 Å². The molecule has 0 aromatic heterocycles. The number of fused-ring (bicyclic) bond motifs is 1. The van der Waals surface area contributed by atoms with E-state index in [1.165, 1.54) is 17.8 Å². The molecule has 1 aliphatic rings. The largest absolute Gasteiger partial charge is 0.476 e. The van der Waals surface area contributed by atoms with Crippen LogP contribution in [0.1, 0.15) is 0 Å². The first-order valence-electron chi connectivity index (χ1n) is 9.38. The van der Waals surface area contributed by atoms with E-state index in [-0.39, 0.29) is 12.3 Å². The quantitative estimate of drug-likeness (QED) is 0.582. The maximum Gasteiger partial charge on any atom is 0.267 e. The summed E-state index contributed by atoms with van der Waals surface area (Å²) in [6, 6.07) is 21.9. The van der Waals surface area contributed by atoms with Crippen LogP contribution in [0.2, 0.25) is 5.02 Å². The lowest BCUT2D eigenvalue weighted by Gasteiger charge is -2.34. The minimum Gasteiger partial charge on any atom is -0.476 e. The maximum absolute atomic E-state index is 13.0. The molecule has 0 aliphatic carbocycles. The normalized spacial score (nSPS) is 15.7.